The van der Waals surface area contributed by atoms with Crippen LogP contribution in [0, 0.1) is 31.9 Å². The molecule has 0 saturated carbocycles. The van der Waals surface area contributed by atoms with Gasteiger partial charge in [-0.2, -0.15) is 25.6 Å². The minimum atomic E-state index is -0.919. The van der Waals surface area contributed by atoms with E-state index in [9.17, 15) is 29.0 Å². The molecule has 10 aromatic rings. The second-order valence-electron chi connectivity index (χ2n) is 14.4. The number of aromatic nitrogens is 6. The summed E-state index contributed by atoms with van der Waals surface area (Å²) >= 11 is 17.2. The van der Waals surface area contributed by atoms with E-state index < -0.39 is 56.0 Å². The molecule has 0 atom stereocenters. The van der Waals surface area contributed by atoms with Gasteiger partial charge in [0.2, 0.25) is 22.9 Å². The number of nitrogens with zero attached hydrogens (tertiary/aromatic N) is 8. The zero-order chi connectivity index (χ0) is 52.6. The molecule has 0 radical (unpaired) electrons. The Labute approximate surface area is 440 Å². The molecule has 0 bridgehead atoms. The third kappa shape index (κ3) is 13.8. The van der Waals surface area contributed by atoms with Gasteiger partial charge in [-0.25, -0.2) is 19.9 Å². The van der Waals surface area contributed by atoms with E-state index in [1.165, 1.54) is 24.5 Å². The van der Waals surface area contributed by atoms with E-state index in [1.807, 2.05) is 97.3 Å². The molecule has 3 N–H and O–H groups in total. The molecule has 74 heavy (non-hydrogen) atoms. The van der Waals surface area contributed by atoms with Crippen LogP contribution in [0.5, 0.6) is 0 Å². The molecule has 4 aromatic heterocycles. The molecule has 0 spiro atoms. The van der Waals surface area contributed by atoms with E-state index in [1.54, 1.807) is 0 Å². The number of rotatable bonds is 8. The van der Waals surface area contributed by atoms with Gasteiger partial charge >= 0.3 is 34.5 Å². The van der Waals surface area contributed by atoms with Crippen molar-refractivity contribution in [2.24, 2.45) is 0 Å². The first-order chi connectivity index (χ1) is 35.2. The molecule has 6 aromatic carbocycles. The Hall–Kier alpha value is -8.67. The second-order valence-corrected chi connectivity index (χ2v) is 15.8. The van der Waals surface area contributed by atoms with Gasteiger partial charge in [-0.05, 0) is 72.3 Å². The van der Waals surface area contributed by atoms with Crippen LogP contribution in [0.2, 0.25) is 15.3 Å². The van der Waals surface area contributed by atoms with Gasteiger partial charge in [0.15, 0.2) is 0 Å². The molecule has 18 nitrogen and oxygen atoms in total. The Balaban J connectivity index is 0.000000214. The zero-order valence-electron chi connectivity index (χ0n) is 36.8. The van der Waals surface area contributed by atoms with Gasteiger partial charge in [0.05, 0.1) is 54.7 Å². The number of benzene rings is 6. The van der Waals surface area contributed by atoms with Gasteiger partial charge in [0.25, 0.3) is 0 Å². The number of fused-ring (bicyclic) bond motifs is 2. The largest absolute Gasteiger partial charge is 0.399 e. The van der Waals surface area contributed by atoms with Gasteiger partial charge in [0.1, 0.15) is 0 Å². The summed E-state index contributed by atoms with van der Waals surface area (Å²) in [5, 5.41) is 27.0. The molecular weight excluding hydrogens is 1070 g/mol. The number of halogens is 5. The topological polar surface area (TPSA) is 254 Å². The minimum absolute atomic E-state index is 0. The molecule has 4 heterocycles. The fraction of sp³-hybridized carbons (Fsp3) is 0.0204. The van der Waals surface area contributed by atoms with Crippen LogP contribution in [-0.2, 0) is 23.1 Å². The SMILES string of the molecule is C.Clc1ncc(Cl)c(-c2cn(-c3ccccc3)c3ccccc23)n1.Nc1ccc(F)c([N+](=O)[O-])c1.O=S=O.O=S=O.O=[N+]([O-])c1cc(Nc2ncc(Cl)c(-c3cn(-c4ccccc4)c4ccccc34)n2)ccc1F. The van der Waals surface area contributed by atoms with E-state index in [-0.39, 0.29) is 30.0 Å². The number of hydrogen-bond acceptors (Lipinski definition) is 14. The summed E-state index contributed by atoms with van der Waals surface area (Å²) in [6.07, 6.45) is 6.98. The lowest BCUT2D eigenvalue weighted by Gasteiger charge is -2.08. The number of nitro groups is 2. The Morgan fingerprint density at radius 3 is 1.46 bits per heavy atom. The number of nitro benzene ring substituents is 2. The number of nitrogens with two attached hydrogens (primary N) is 1. The predicted molar refractivity (Wildman–Crippen MR) is 282 cm³/mol. The lowest BCUT2D eigenvalue weighted by Crippen LogP contribution is -2.00. The van der Waals surface area contributed by atoms with Gasteiger partial charge in [-0.15, -0.1) is 0 Å². The fourth-order valence-corrected chi connectivity index (χ4v) is 7.54. The van der Waals surface area contributed by atoms with Crippen LogP contribution >= 0.6 is 34.8 Å². The molecule has 0 aliphatic heterocycles. The maximum atomic E-state index is 13.7. The molecule has 10 rings (SSSR count). The summed E-state index contributed by atoms with van der Waals surface area (Å²) in [7, 11) is 0. The van der Waals surface area contributed by atoms with Crippen LogP contribution in [0.4, 0.5) is 37.5 Å². The fourth-order valence-electron chi connectivity index (χ4n) is 7.02. The van der Waals surface area contributed by atoms with E-state index in [4.69, 9.17) is 57.4 Å². The number of para-hydroxylation sites is 4. The van der Waals surface area contributed by atoms with E-state index in [0.29, 0.717) is 21.4 Å². The van der Waals surface area contributed by atoms with Gasteiger partial charge in [0, 0.05) is 69.2 Å². The number of hydrogen-bond donors (Lipinski definition) is 2. The molecule has 0 saturated heterocycles. The molecule has 0 amide bonds. The first kappa shape index (κ1) is 56.2. The van der Waals surface area contributed by atoms with Crippen molar-refractivity contribution < 1.29 is 35.5 Å². The van der Waals surface area contributed by atoms with Crippen molar-refractivity contribution in [3.8, 4) is 33.9 Å². The Kier molecular flexibility index (Phi) is 20.3. The maximum absolute atomic E-state index is 13.7. The highest BCUT2D eigenvalue weighted by Gasteiger charge is 2.19. The van der Waals surface area contributed by atoms with Crippen LogP contribution in [-0.4, -0.2) is 55.8 Å². The van der Waals surface area contributed by atoms with E-state index >= 15 is 0 Å². The Morgan fingerprint density at radius 2 is 0.986 bits per heavy atom. The molecule has 0 aliphatic rings. The third-order valence-electron chi connectivity index (χ3n) is 10.0. The van der Waals surface area contributed by atoms with Crippen molar-refractivity contribution in [1.82, 2.24) is 29.1 Å². The van der Waals surface area contributed by atoms with Crippen molar-refractivity contribution >= 4 is 108 Å². The third-order valence-corrected chi connectivity index (χ3v) is 10.8. The first-order valence-electron chi connectivity index (χ1n) is 20.5. The quantitative estimate of drug-likeness (QED) is 0.0621. The van der Waals surface area contributed by atoms with Crippen molar-refractivity contribution in [1.29, 1.82) is 0 Å². The second kappa shape index (κ2) is 26.7. The number of anilines is 3. The number of nitrogens with one attached hydrogen (secondary N) is 1. The average Bonchev–Trinajstić information content (AvgIpc) is 3.97. The monoisotopic (exact) mass is 1100 g/mol. The molecule has 0 fully saturated rings. The van der Waals surface area contributed by atoms with Crippen LogP contribution in [0.3, 0.4) is 0 Å². The molecule has 0 aliphatic carbocycles. The summed E-state index contributed by atoms with van der Waals surface area (Å²) in [6, 6.07) is 42.8. The highest BCUT2D eigenvalue weighted by molar-refractivity contribution is 7.52. The van der Waals surface area contributed by atoms with E-state index in [2.05, 4.69) is 58.7 Å². The average molecular weight is 1100 g/mol. The van der Waals surface area contributed by atoms with Crippen LogP contribution in [0.1, 0.15) is 7.43 Å². The molecular formula is C49H35Cl3F2N10O8S2. The van der Waals surface area contributed by atoms with Crippen molar-refractivity contribution in [3.05, 3.63) is 218 Å². The molecule has 25 heteroatoms. The normalized spacial score (nSPS) is 10.1. The summed E-state index contributed by atoms with van der Waals surface area (Å²) in [6.45, 7) is 0. The Morgan fingerprint density at radius 1 is 0.568 bits per heavy atom. The number of nitrogen functional groups attached to an aromatic ring is 1. The summed E-state index contributed by atoms with van der Waals surface area (Å²) in [5.41, 5.74) is 11.4. The highest BCUT2D eigenvalue weighted by Crippen LogP contribution is 2.37. The van der Waals surface area contributed by atoms with E-state index in [0.717, 1.165) is 68.6 Å². The van der Waals surface area contributed by atoms with Crippen LogP contribution < -0.4 is 11.1 Å². The molecule has 376 valence electrons. The van der Waals surface area contributed by atoms with Crippen molar-refractivity contribution in [3.63, 3.8) is 0 Å². The van der Waals surface area contributed by atoms with Gasteiger partial charge < -0.3 is 20.2 Å². The van der Waals surface area contributed by atoms with Crippen LogP contribution in [0.15, 0.2) is 170 Å². The lowest BCUT2D eigenvalue weighted by molar-refractivity contribution is -0.387. The lowest BCUT2D eigenvalue weighted by atomic mass is 10.1. The van der Waals surface area contributed by atoms with Crippen molar-refractivity contribution in [2.45, 2.75) is 7.43 Å². The Bertz CT molecular complexity index is 3670. The van der Waals surface area contributed by atoms with Gasteiger partial charge in [-0.3, -0.25) is 20.2 Å². The predicted octanol–water partition coefficient (Wildman–Crippen LogP) is 12.5. The first-order valence-corrected chi connectivity index (χ1v) is 22.9. The standard InChI is InChI=1S/C24H15ClFN5O2.C18H11Cl2N3.C6H5FN2O2.CH4.2O2S/c25-19-13-27-24(28-15-10-11-20(26)22(12-15)31(32)33)29-23(19)18-14-30(16-6-2-1-3-7-16)21-9-5-4-8-17(18)21;19-15-10-21-18(20)22-17(15)14-11-23(12-6-2-1-3-7-12)16-9-5-4-8-13(14)16;7-5-2-1-4(8)3-6(5)9(10)11;;2*1-3-2/h1-14H,(H,27,28,29);1-11H;1-3H,8H2;1H4;;. The summed E-state index contributed by atoms with van der Waals surface area (Å²) in [5.74, 6) is -1.62. The van der Waals surface area contributed by atoms with Crippen molar-refractivity contribution in [2.75, 3.05) is 11.1 Å². The highest BCUT2D eigenvalue weighted by atomic mass is 35.5. The summed E-state index contributed by atoms with van der Waals surface area (Å²) < 4.78 is 63.5. The summed E-state index contributed by atoms with van der Waals surface area (Å²) in [4.78, 5) is 36.5. The van der Waals surface area contributed by atoms with Crippen LogP contribution in [0.25, 0.3) is 55.7 Å². The maximum Gasteiger partial charge on any atom is 0.335 e. The zero-order valence-corrected chi connectivity index (χ0v) is 40.7. The van der Waals surface area contributed by atoms with Gasteiger partial charge in [-0.1, -0.05) is 103 Å². The molecule has 0 unspecified atom stereocenters. The minimum Gasteiger partial charge on any atom is -0.399 e. The smallest absolute Gasteiger partial charge is 0.335 e.